The number of nitrogens with two attached hydrogens (primary N) is 1. The standard InChI is InChI=1S/C14H22N2O3/c1-8(2)13(15)14(17)16-10-7-12(19-5)11(18-4)6-9(10)3/h6-8,13H,15H2,1-5H3,(H,16,17). The van der Waals surface area contributed by atoms with E-state index in [1.807, 2.05) is 26.8 Å². The summed E-state index contributed by atoms with van der Waals surface area (Å²) in [6.45, 7) is 5.70. The molecule has 106 valence electrons. The summed E-state index contributed by atoms with van der Waals surface area (Å²) >= 11 is 0. The molecule has 1 amide bonds. The molecule has 5 nitrogen and oxygen atoms in total. The number of nitrogens with one attached hydrogen (secondary N) is 1. The smallest absolute Gasteiger partial charge is 0.241 e. The zero-order valence-corrected chi connectivity index (χ0v) is 12.1. The number of ether oxygens (including phenoxy) is 2. The lowest BCUT2D eigenvalue weighted by Gasteiger charge is -2.18. The van der Waals surface area contributed by atoms with Gasteiger partial charge in [-0.15, -0.1) is 0 Å². The Morgan fingerprint density at radius 2 is 1.74 bits per heavy atom. The van der Waals surface area contributed by atoms with E-state index in [9.17, 15) is 4.79 Å². The van der Waals surface area contributed by atoms with Crippen molar-refractivity contribution in [2.45, 2.75) is 26.8 Å². The Bertz CT molecular complexity index is 458. The molecule has 5 heteroatoms. The molecule has 3 N–H and O–H groups in total. The molecule has 1 rings (SSSR count). The van der Waals surface area contributed by atoms with Crippen LogP contribution in [0.1, 0.15) is 19.4 Å². The van der Waals surface area contributed by atoms with E-state index in [-0.39, 0.29) is 11.8 Å². The van der Waals surface area contributed by atoms with E-state index in [1.165, 1.54) is 0 Å². The zero-order chi connectivity index (χ0) is 14.6. The van der Waals surface area contributed by atoms with Crippen LogP contribution >= 0.6 is 0 Å². The summed E-state index contributed by atoms with van der Waals surface area (Å²) in [5, 5.41) is 2.82. The van der Waals surface area contributed by atoms with Gasteiger partial charge < -0.3 is 20.5 Å². The predicted molar refractivity (Wildman–Crippen MR) is 75.7 cm³/mol. The Morgan fingerprint density at radius 1 is 1.21 bits per heavy atom. The summed E-state index contributed by atoms with van der Waals surface area (Å²) in [5.41, 5.74) is 7.39. The molecule has 0 aliphatic carbocycles. The molecule has 0 aliphatic rings. The highest BCUT2D eigenvalue weighted by atomic mass is 16.5. The van der Waals surface area contributed by atoms with E-state index in [0.29, 0.717) is 17.2 Å². The molecule has 1 aromatic rings. The number of aryl methyl sites for hydroxylation is 1. The monoisotopic (exact) mass is 266 g/mol. The molecule has 0 fully saturated rings. The number of amides is 1. The molecule has 1 atom stereocenters. The molecule has 0 aromatic heterocycles. The Morgan fingerprint density at radius 3 is 2.21 bits per heavy atom. The molecule has 0 aliphatic heterocycles. The number of methoxy groups -OCH3 is 2. The maximum absolute atomic E-state index is 12.0. The first-order valence-corrected chi connectivity index (χ1v) is 6.19. The molecule has 0 radical (unpaired) electrons. The van der Waals surface area contributed by atoms with Crippen LogP contribution in [0.25, 0.3) is 0 Å². The summed E-state index contributed by atoms with van der Waals surface area (Å²) in [7, 11) is 3.13. The molecular formula is C14H22N2O3. The minimum Gasteiger partial charge on any atom is -0.493 e. The van der Waals surface area contributed by atoms with Crippen LogP contribution in [0.3, 0.4) is 0 Å². The van der Waals surface area contributed by atoms with Crippen LogP contribution < -0.4 is 20.5 Å². The van der Waals surface area contributed by atoms with Crippen LogP contribution in [0.4, 0.5) is 5.69 Å². The van der Waals surface area contributed by atoms with Crippen molar-refractivity contribution in [3.8, 4) is 11.5 Å². The molecule has 0 saturated heterocycles. The first kappa shape index (κ1) is 15.3. The number of anilines is 1. The average Bonchev–Trinajstić information content (AvgIpc) is 2.39. The fourth-order valence-electron chi connectivity index (χ4n) is 1.63. The fourth-order valence-corrected chi connectivity index (χ4v) is 1.63. The number of benzene rings is 1. The van der Waals surface area contributed by atoms with Gasteiger partial charge in [0.05, 0.1) is 20.3 Å². The highest BCUT2D eigenvalue weighted by Gasteiger charge is 2.18. The molecular weight excluding hydrogens is 244 g/mol. The van der Waals surface area contributed by atoms with Gasteiger partial charge in [-0.1, -0.05) is 13.8 Å². The van der Waals surface area contributed by atoms with Crippen molar-refractivity contribution in [3.05, 3.63) is 17.7 Å². The van der Waals surface area contributed by atoms with Gasteiger partial charge in [-0.05, 0) is 24.5 Å². The first-order chi connectivity index (χ1) is 8.90. The number of hydrogen-bond donors (Lipinski definition) is 2. The van der Waals surface area contributed by atoms with E-state index in [0.717, 1.165) is 5.56 Å². The van der Waals surface area contributed by atoms with Crippen molar-refractivity contribution in [1.29, 1.82) is 0 Å². The summed E-state index contributed by atoms with van der Waals surface area (Å²) in [5.74, 6) is 1.08. The Balaban J connectivity index is 2.99. The second-order valence-corrected chi connectivity index (χ2v) is 4.78. The summed E-state index contributed by atoms with van der Waals surface area (Å²) in [4.78, 5) is 12.0. The number of rotatable bonds is 5. The Labute approximate surface area is 114 Å². The number of carbonyl (C=O) groups excluding carboxylic acids is 1. The van der Waals surface area contributed by atoms with Gasteiger partial charge in [0.15, 0.2) is 11.5 Å². The normalized spacial score (nSPS) is 12.2. The molecule has 0 spiro atoms. The highest BCUT2D eigenvalue weighted by Crippen LogP contribution is 2.32. The van der Waals surface area contributed by atoms with E-state index in [2.05, 4.69) is 5.32 Å². The SMILES string of the molecule is COc1cc(C)c(NC(=O)C(N)C(C)C)cc1OC. The van der Waals surface area contributed by atoms with Crippen molar-refractivity contribution in [1.82, 2.24) is 0 Å². The molecule has 0 bridgehead atoms. The van der Waals surface area contributed by atoms with E-state index in [1.54, 1.807) is 20.3 Å². The topological polar surface area (TPSA) is 73.6 Å². The molecule has 1 aromatic carbocycles. The van der Waals surface area contributed by atoms with Crippen molar-refractivity contribution in [2.24, 2.45) is 11.7 Å². The molecule has 19 heavy (non-hydrogen) atoms. The number of hydrogen-bond acceptors (Lipinski definition) is 4. The van der Waals surface area contributed by atoms with Crippen molar-refractivity contribution in [2.75, 3.05) is 19.5 Å². The average molecular weight is 266 g/mol. The van der Waals surface area contributed by atoms with Crippen LogP contribution in [0.5, 0.6) is 11.5 Å². The maximum Gasteiger partial charge on any atom is 0.241 e. The van der Waals surface area contributed by atoms with Gasteiger partial charge >= 0.3 is 0 Å². The maximum atomic E-state index is 12.0. The van der Waals surface area contributed by atoms with Crippen molar-refractivity contribution >= 4 is 11.6 Å². The van der Waals surface area contributed by atoms with Crippen LogP contribution in [-0.4, -0.2) is 26.2 Å². The van der Waals surface area contributed by atoms with E-state index in [4.69, 9.17) is 15.2 Å². The first-order valence-electron chi connectivity index (χ1n) is 6.19. The van der Waals surface area contributed by atoms with Gasteiger partial charge in [0.2, 0.25) is 5.91 Å². The van der Waals surface area contributed by atoms with Gasteiger partial charge in [-0.3, -0.25) is 4.79 Å². The minimum atomic E-state index is -0.535. The summed E-state index contributed by atoms with van der Waals surface area (Å²) in [6.07, 6.45) is 0. The van der Waals surface area contributed by atoms with Crippen molar-refractivity contribution in [3.63, 3.8) is 0 Å². The summed E-state index contributed by atoms with van der Waals surface area (Å²) in [6, 6.07) is 3.02. The Kier molecular flexibility index (Phi) is 5.18. The lowest BCUT2D eigenvalue weighted by molar-refractivity contribution is -0.118. The van der Waals surface area contributed by atoms with E-state index < -0.39 is 6.04 Å². The van der Waals surface area contributed by atoms with Gasteiger partial charge in [0.25, 0.3) is 0 Å². The predicted octanol–water partition coefficient (Wildman–Crippen LogP) is 1.93. The molecule has 1 unspecified atom stereocenters. The van der Waals surface area contributed by atoms with Crippen LogP contribution in [0.2, 0.25) is 0 Å². The lowest BCUT2D eigenvalue weighted by atomic mass is 10.0. The third kappa shape index (κ3) is 3.61. The molecule has 0 heterocycles. The number of carbonyl (C=O) groups is 1. The molecule has 0 saturated carbocycles. The van der Waals surface area contributed by atoms with Crippen LogP contribution in [0.15, 0.2) is 12.1 Å². The lowest BCUT2D eigenvalue weighted by Crippen LogP contribution is -2.39. The van der Waals surface area contributed by atoms with Crippen molar-refractivity contribution < 1.29 is 14.3 Å². The van der Waals surface area contributed by atoms with Gasteiger partial charge in [0.1, 0.15) is 0 Å². The quantitative estimate of drug-likeness (QED) is 0.854. The second-order valence-electron chi connectivity index (χ2n) is 4.78. The Hall–Kier alpha value is -1.75. The van der Waals surface area contributed by atoms with Crippen LogP contribution in [0, 0.1) is 12.8 Å². The zero-order valence-electron chi connectivity index (χ0n) is 12.1. The van der Waals surface area contributed by atoms with E-state index >= 15 is 0 Å². The largest absolute Gasteiger partial charge is 0.493 e. The highest BCUT2D eigenvalue weighted by molar-refractivity contribution is 5.95. The summed E-state index contributed by atoms with van der Waals surface area (Å²) < 4.78 is 10.4. The fraction of sp³-hybridized carbons (Fsp3) is 0.500. The second kappa shape index (κ2) is 6.43. The van der Waals surface area contributed by atoms with Gasteiger partial charge in [-0.2, -0.15) is 0 Å². The minimum absolute atomic E-state index is 0.0838. The third-order valence-corrected chi connectivity index (χ3v) is 3.01. The van der Waals surface area contributed by atoms with Crippen LogP contribution in [-0.2, 0) is 4.79 Å². The van der Waals surface area contributed by atoms with Gasteiger partial charge in [-0.25, -0.2) is 0 Å². The third-order valence-electron chi connectivity index (χ3n) is 3.01. The van der Waals surface area contributed by atoms with Gasteiger partial charge in [0, 0.05) is 11.8 Å².